The van der Waals surface area contributed by atoms with Crippen molar-refractivity contribution in [3.63, 3.8) is 0 Å². The van der Waals surface area contributed by atoms with Gasteiger partial charge < -0.3 is 5.11 Å². The molecular formula is C7H10ClNO2. The number of aliphatic carboxylic acids is 1. The van der Waals surface area contributed by atoms with Crippen LogP contribution in [0.3, 0.4) is 0 Å². The molecule has 0 radical (unpaired) electrons. The molecule has 11 heavy (non-hydrogen) atoms. The summed E-state index contributed by atoms with van der Waals surface area (Å²) in [5.74, 6) is -0.934. The minimum absolute atomic E-state index is 0.0886. The highest BCUT2D eigenvalue weighted by Gasteiger charge is 2.30. The molecule has 0 spiro atoms. The molecule has 0 heterocycles. The van der Waals surface area contributed by atoms with Gasteiger partial charge in [-0.15, -0.1) is 11.6 Å². The second-order valence-corrected chi connectivity index (χ2v) is 3.49. The van der Waals surface area contributed by atoms with Gasteiger partial charge in [0.2, 0.25) is 0 Å². The van der Waals surface area contributed by atoms with Crippen LogP contribution in [0.1, 0.15) is 20.3 Å². The van der Waals surface area contributed by atoms with Gasteiger partial charge in [-0.05, 0) is 0 Å². The van der Waals surface area contributed by atoms with Crippen LogP contribution in [0.2, 0.25) is 0 Å². The molecule has 0 aliphatic rings. The highest BCUT2D eigenvalue weighted by atomic mass is 35.5. The second kappa shape index (κ2) is 3.59. The molecule has 1 unspecified atom stereocenters. The summed E-state index contributed by atoms with van der Waals surface area (Å²) in [6.07, 6.45) is -0.0886. The van der Waals surface area contributed by atoms with E-state index in [1.165, 1.54) is 0 Å². The van der Waals surface area contributed by atoms with Gasteiger partial charge in [0.1, 0.15) is 5.38 Å². The summed E-state index contributed by atoms with van der Waals surface area (Å²) in [6.45, 7) is 3.31. The Morgan fingerprint density at radius 2 is 2.27 bits per heavy atom. The van der Waals surface area contributed by atoms with E-state index in [1.807, 2.05) is 6.07 Å². The van der Waals surface area contributed by atoms with Crippen molar-refractivity contribution in [3.05, 3.63) is 0 Å². The fourth-order valence-corrected chi connectivity index (χ4v) is 0.731. The lowest BCUT2D eigenvalue weighted by Crippen LogP contribution is -2.26. The first-order valence-electron chi connectivity index (χ1n) is 3.15. The van der Waals surface area contributed by atoms with Crippen LogP contribution in [0.15, 0.2) is 0 Å². The summed E-state index contributed by atoms with van der Waals surface area (Å²) < 4.78 is 0. The van der Waals surface area contributed by atoms with Crippen LogP contribution < -0.4 is 0 Å². The van der Waals surface area contributed by atoms with Crippen molar-refractivity contribution in [1.29, 1.82) is 5.26 Å². The molecule has 0 aromatic carbocycles. The predicted octanol–water partition coefficient (Wildman–Crippen LogP) is 1.62. The minimum atomic E-state index is -0.934. The maximum absolute atomic E-state index is 10.3. The van der Waals surface area contributed by atoms with Crippen molar-refractivity contribution in [1.82, 2.24) is 0 Å². The van der Waals surface area contributed by atoms with Gasteiger partial charge >= 0.3 is 5.97 Å². The van der Waals surface area contributed by atoms with Crippen LogP contribution in [-0.4, -0.2) is 16.5 Å². The van der Waals surface area contributed by atoms with Crippen molar-refractivity contribution < 1.29 is 9.90 Å². The van der Waals surface area contributed by atoms with Gasteiger partial charge in [0.05, 0.1) is 12.5 Å². The van der Waals surface area contributed by atoms with E-state index >= 15 is 0 Å². The highest BCUT2D eigenvalue weighted by Crippen LogP contribution is 2.28. The molecule has 0 aliphatic heterocycles. The van der Waals surface area contributed by atoms with Crippen LogP contribution in [0.25, 0.3) is 0 Å². The molecule has 0 fully saturated rings. The van der Waals surface area contributed by atoms with E-state index in [-0.39, 0.29) is 6.42 Å². The zero-order valence-electron chi connectivity index (χ0n) is 6.47. The van der Waals surface area contributed by atoms with E-state index in [4.69, 9.17) is 22.0 Å². The minimum Gasteiger partial charge on any atom is -0.481 e. The Morgan fingerprint density at radius 1 is 1.82 bits per heavy atom. The van der Waals surface area contributed by atoms with E-state index in [0.29, 0.717) is 0 Å². The van der Waals surface area contributed by atoms with Gasteiger partial charge in [-0.3, -0.25) is 4.79 Å². The molecule has 0 saturated carbocycles. The first-order valence-corrected chi connectivity index (χ1v) is 3.59. The van der Waals surface area contributed by atoms with Crippen molar-refractivity contribution in [3.8, 4) is 6.07 Å². The molecule has 3 nitrogen and oxygen atoms in total. The zero-order chi connectivity index (χ0) is 9.07. The molecule has 0 saturated heterocycles. The van der Waals surface area contributed by atoms with Crippen LogP contribution in [-0.2, 0) is 4.79 Å². The maximum Gasteiger partial charge on any atom is 0.303 e. The molecule has 0 aromatic heterocycles. The number of hydrogen-bond acceptors (Lipinski definition) is 2. The number of carboxylic acid groups (broad SMARTS) is 1. The smallest absolute Gasteiger partial charge is 0.303 e. The van der Waals surface area contributed by atoms with Crippen LogP contribution >= 0.6 is 11.6 Å². The van der Waals surface area contributed by atoms with E-state index in [0.717, 1.165) is 0 Å². The number of nitrogens with zero attached hydrogens (tertiary/aromatic N) is 1. The number of alkyl halides is 1. The predicted molar refractivity (Wildman–Crippen MR) is 41.3 cm³/mol. The molecule has 1 atom stereocenters. The second-order valence-electron chi connectivity index (χ2n) is 3.05. The number of nitriles is 1. The number of halogens is 1. The standard InChI is InChI=1S/C7H10ClNO2/c1-7(2,3-6(10)11)5(8)4-9/h5H,3H2,1-2H3,(H,10,11). The Morgan fingerprint density at radius 3 is 2.55 bits per heavy atom. The first-order chi connectivity index (χ1) is 4.90. The third-order valence-corrected chi connectivity index (χ3v) is 2.09. The molecule has 0 aliphatic carbocycles. The van der Waals surface area contributed by atoms with Crippen LogP contribution in [0.4, 0.5) is 0 Å². The Labute approximate surface area is 70.6 Å². The molecule has 0 aromatic rings. The number of hydrogen-bond donors (Lipinski definition) is 1. The van der Waals surface area contributed by atoms with Gasteiger partial charge in [0, 0.05) is 5.41 Å². The molecule has 1 N–H and O–H groups in total. The molecule has 62 valence electrons. The molecular weight excluding hydrogens is 166 g/mol. The fraction of sp³-hybridized carbons (Fsp3) is 0.714. The molecule has 0 amide bonds. The summed E-state index contributed by atoms with van der Waals surface area (Å²) in [5.41, 5.74) is -0.665. The lowest BCUT2D eigenvalue weighted by molar-refractivity contribution is -0.139. The quantitative estimate of drug-likeness (QED) is 0.663. The Hall–Kier alpha value is -0.750. The first kappa shape index (κ1) is 10.2. The van der Waals surface area contributed by atoms with Gasteiger partial charge in [0.25, 0.3) is 0 Å². The van der Waals surface area contributed by atoms with Crippen molar-refractivity contribution in [2.75, 3.05) is 0 Å². The van der Waals surface area contributed by atoms with Gasteiger partial charge in [-0.1, -0.05) is 13.8 Å². The summed E-state index contributed by atoms with van der Waals surface area (Å²) in [4.78, 5) is 10.3. The number of carbonyl (C=O) groups is 1. The fourth-order valence-electron chi connectivity index (χ4n) is 0.654. The van der Waals surface area contributed by atoms with E-state index in [1.54, 1.807) is 13.8 Å². The SMILES string of the molecule is CC(C)(CC(=O)O)C(Cl)C#N. The highest BCUT2D eigenvalue weighted by molar-refractivity contribution is 6.22. The monoisotopic (exact) mass is 175 g/mol. The average molecular weight is 176 g/mol. The van der Waals surface area contributed by atoms with Gasteiger partial charge in [0.15, 0.2) is 0 Å². The molecule has 4 heteroatoms. The van der Waals surface area contributed by atoms with E-state index < -0.39 is 16.8 Å². The van der Waals surface area contributed by atoms with Crippen molar-refractivity contribution in [2.45, 2.75) is 25.6 Å². The topological polar surface area (TPSA) is 61.1 Å². The average Bonchev–Trinajstić information content (AvgIpc) is 1.83. The lowest BCUT2D eigenvalue weighted by atomic mass is 9.86. The third-order valence-electron chi connectivity index (χ3n) is 1.41. The van der Waals surface area contributed by atoms with E-state index in [9.17, 15) is 4.79 Å². The van der Waals surface area contributed by atoms with Crippen molar-refractivity contribution >= 4 is 17.6 Å². The summed E-state index contributed by atoms with van der Waals surface area (Å²) in [6, 6.07) is 1.81. The lowest BCUT2D eigenvalue weighted by Gasteiger charge is -2.22. The van der Waals surface area contributed by atoms with Gasteiger partial charge in [-0.2, -0.15) is 5.26 Å². The Bertz CT molecular complexity index is 195. The Balaban J connectivity index is 4.23. The van der Waals surface area contributed by atoms with Crippen LogP contribution in [0, 0.1) is 16.7 Å². The largest absolute Gasteiger partial charge is 0.481 e. The molecule has 0 bridgehead atoms. The van der Waals surface area contributed by atoms with Gasteiger partial charge in [-0.25, -0.2) is 0 Å². The summed E-state index contributed by atoms with van der Waals surface area (Å²) >= 11 is 5.58. The normalized spacial score (nSPS) is 13.6. The summed E-state index contributed by atoms with van der Waals surface area (Å²) in [5, 5.41) is 16.1. The number of carboxylic acids is 1. The zero-order valence-corrected chi connectivity index (χ0v) is 7.22. The van der Waals surface area contributed by atoms with Crippen LogP contribution in [0.5, 0.6) is 0 Å². The third kappa shape index (κ3) is 3.24. The van der Waals surface area contributed by atoms with Crippen molar-refractivity contribution in [2.24, 2.45) is 5.41 Å². The maximum atomic E-state index is 10.3. The molecule has 0 rings (SSSR count). The summed E-state index contributed by atoms with van der Waals surface area (Å²) in [7, 11) is 0. The number of rotatable bonds is 3. The Kier molecular flexibility index (Phi) is 3.34. The van der Waals surface area contributed by atoms with E-state index in [2.05, 4.69) is 0 Å².